The van der Waals surface area contributed by atoms with Crippen LogP contribution in [0.5, 0.6) is 0 Å². The second kappa shape index (κ2) is 28.3. The summed E-state index contributed by atoms with van der Waals surface area (Å²) in [6, 6.07) is 0. The highest BCUT2D eigenvalue weighted by Crippen LogP contribution is 1.98. The van der Waals surface area contributed by atoms with Crippen molar-refractivity contribution >= 4 is 107 Å². The zero-order valence-corrected chi connectivity index (χ0v) is 20.1. The van der Waals surface area contributed by atoms with E-state index in [0.29, 0.717) is 24.4 Å². The predicted molar refractivity (Wildman–Crippen MR) is 109 cm³/mol. The standard InChI is InChI=1S/C3H4BrClO2.2C3H4Cl2O2.C3H5ClO2/c4-1-2-7-3(5)6;1-2(4)7-3(5)6;4-1-2-7-3(5)6;1-2-6-3(4)5/h1-2H2;2H,1H3;1-2H2;2H2,1H3. The minimum atomic E-state index is -0.873. The summed E-state index contributed by atoms with van der Waals surface area (Å²) in [6.45, 7) is 4.07. The molecule has 0 heterocycles. The summed E-state index contributed by atoms with van der Waals surface area (Å²) in [5.41, 5.74) is -3.80. The third-order valence-electron chi connectivity index (χ3n) is 1.10. The number of alkyl halides is 3. The molecule has 0 saturated heterocycles. The van der Waals surface area contributed by atoms with Gasteiger partial charge in [-0.1, -0.05) is 27.5 Å². The molecule has 0 saturated carbocycles. The minimum Gasteiger partial charge on any atom is -0.454 e. The molecule has 0 aromatic carbocycles. The second-order valence-electron chi connectivity index (χ2n) is 3.12. The Morgan fingerprint density at radius 1 is 0.852 bits per heavy atom. The monoisotopic (exact) mass is 578 g/mol. The number of carbonyl (C=O) groups is 4. The minimum absolute atomic E-state index is 0.184. The van der Waals surface area contributed by atoms with Gasteiger partial charge in [0.05, 0.1) is 12.5 Å². The number of carbonyl (C=O) groups excluding carboxylic acids is 4. The van der Waals surface area contributed by atoms with Crippen molar-refractivity contribution in [1.82, 2.24) is 0 Å². The lowest BCUT2D eigenvalue weighted by molar-refractivity contribution is 0.166. The van der Waals surface area contributed by atoms with Gasteiger partial charge >= 0.3 is 21.7 Å². The fourth-order valence-electron chi connectivity index (χ4n) is 0.479. The largest absolute Gasteiger partial charge is 0.454 e. The number of ether oxygens (including phenoxy) is 4. The van der Waals surface area contributed by atoms with Crippen molar-refractivity contribution in [1.29, 1.82) is 0 Å². The van der Waals surface area contributed by atoms with E-state index in [1.165, 1.54) is 6.92 Å². The van der Waals surface area contributed by atoms with Crippen LogP contribution in [0.4, 0.5) is 19.2 Å². The molecule has 0 aliphatic heterocycles. The third-order valence-corrected chi connectivity index (χ3v) is 2.08. The predicted octanol–water partition coefficient (Wildman–Crippen LogP) is 6.69. The maximum absolute atomic E-state index is 9.73. The third kappa shape index (κ3) is 66.5. The van der Waals surface area contributed by atoms with E-state index in [1.807, 2.05) is 0 Å². The zero-order chi connectivity index (χ0) is 22.3. The number of halogens is 7. The van der Waals surface area contributed by atoms with Gasteiger partial charge in [-0.3, -0.25) is 0 Å². The summed E-state index contributed by atoms with van der Waals surface area (Å²) < 4.78 is 16.8. The van der Waals surface area contributed by atoms with Crippen LogP contribution in [0, 0.1) is 0 Å². The summed E-state index contributed by atoms with van der Waals surface area (Å²) in [5.74, 6) is 0.290. The maximum atomic E-state index is 9.73. The van der Waals surface area contributed by atoms with Crippen LogP contribution < -0.4 is 0 Å². The highest BCUT2D eigenvalue weighted by Gasteiger charge is 1.98. The van der Waals surface area contributed by atoms with E-state index in [0.717, 1.165) is 0 Å². The smallest absolute Gasteiger partial charge is 0.405 e. The molecule has 0 rings (SSSR count). The number of hydrogen-bond donors (Lipinski definition) is 0. The zero-order valence-electron chi connectivity index (χ0n) is 14.0. The first-order chi connectivity index (χ1) is 12.4. The van der Waals surface area contributed by atoms with Crippen molar-refractivity contribution in [3.8, 4) is 0 Å². The number of rotatable bonds is 6. The van der Waals surface area contributed by atoms with E-state index in [9.17, 15) is 19.2 Å². The molecule has 0 fully saturated rings. The Morgan fingerprint density at radius 3 is 1.33 bits per heavy atom. The molecule has 0 spiro atoms. The van der Waals surface area contributed by atoms with E-state index in [1.54, 1.807) is 6.92 Å². The fraction of sp³-hybridized carbons (Fsp3) is 0.667. The Bertz CT molecular complexity index is 382. The number of hydrogen-bond acceptors (Lipinski definition) is 8. The van der Waals surface area contributed by atoms with Gasteiger partial charge in [0, 0.05) is 51.7 Å². The first kappa shape index (κ1) is 34.6. The molecule has 0 aromatic heterocycles. The van der Waals surface area contributed by atoms with Gasteiger partial charge in [0.2, 0.25) is 0 Å². The van der Waals surface area contributed by atoms with Crippen LogP contribution in [-0.2, 0) is 18.9 Å². The quantitative estimate of drug-likeness (QED) is 0.194. The molecular formula is C12H17BrCl6O8. The molecule has 0 aromatic rings. The topological polar surface area (TPSA) is 105 Å². The molecule has 0 aliphatic carbocycles. The van der Waals surface area contributed by atoms with Crippen LogP contribution in [0.2, 0.25) is 0 Å². The fourth-order valence-corrected chi connectivity index (χ4v) is 1.24. The van der Waals surface area contributed by atoms with Crippen LogP contribution >= 0.6 is 85.5 Å². The molecule has 162 valence electrons. The van der Waals surface area contributed by atoms with Gasteiger partial charge in [0.1, 0.15) is 13.2 Å². The molecule has 0 amide bonds. The molecule has 0 N–H and O–H groups in total. The first-order valence-electron chi connectivity index (χ1n) is 6.53. The van der Waals surface area contributed by atoms with E-state index >= 15 is 0 Å². The lowest BCUT2D eigenvalue weighted by Gasteiger charge is -1.97. The van der Waals surface area contributed by atoms with Crippen molar-refractivity contribution in [2.75, 3.05) is 31.0 Å². The average molecular weight is 582 g/mol. The van der Waals surface area contributed by atoms with Crippen molar-refractivity contribution in [2.45, 2.75) is 19.4 Å². The lowest BCUT2D eigenvalue weighted by Crippen LogP contribution is -1.99. The van der Waals surface area contributed by atoms with Crippen LogP contribution in [0.1, 0.15) is 13.8 Å². The Morgan fingerprint density at radius 2 is 1.26 bits per heavy atom. The maximum Gasteiger partial charge on any atom is 0.405 e. The van der Waals surface area contributed by atoms with E-state index in [-0.39, 0.29) is 6.61 Å². The van der Waals surface area contributed by atoms with Crippen molar-refractivity contribution in [3.05, 3.63) is 0 Å². The van der Waals surface area contributed by atoms with Crippen LogP contribution in [-0.4, -0.2) is 58.3 Å². The summed E-state index contributed by atoms with van der Waals surface area (Å²) in [4.78, 5) is 38.7. The van der Waals surface area contributed by atoms with E-state index < -0.39 is 27.3 Å². The first-order valence-corrected chi connectivity index (χ1v) is 10.1. The van der Waals surface area contributed by atoms with Crippen LogP contribution in [0.15, 0.2) is 0 Å². The van der Waals surface area contributed by atoms with Gasteiger partial charge in [0.25, 0.3) is 0 Å². The molecule has 27 heavy (non-hydrogen) atoms. The van der Waals surface area contributed by atoms with Gasteiger partial charge in [-0.15, -0.1) is 11.6 Å². The molecule has 0 bridgehead atoms. The molecule has 1 atom stereocenters. The Balaban J connectivity index is -0.000000131. The summed E-state index contributed by atoms with van der Waals surface area (Å²) in [6.07, 6.45) is 0. The van der Waals surface area contributed by atoms with E-state index in [4.69, 9.17) is 69.6 Å². The van der Waals surface area contributed by atoms with Gasteiger partial charge in [0.15, 0.2) is 5.56 Å². The summed E-state index contributed by atoms with van der Waals surface area (Å²) in [7, 11) is 0. The Kier molecular flexibility index (Phi) is 36.3. The van der Waals surface area contributed by atoms with Gasteiger partial charge < -0.3 is 18.9 Å². The Hall–Kier alpha value is 0.1000. The Labute approximate surface area is 195 Å². The molecule has 1 unspecified atom stereocenters. The second-order valence-corrected chi connectivity index (χ2v) is 6.14. The summed E-state index contributed by atoms with van der Waals surface area (Å²) in [5, 5.41) is 0.630. The lowest BCUT2D eigenvalue weighted by atomic mass is 10.9. The van der Waals surface area contributed by atoms with Crippen LogP contribution in [0.3, 0.4) is 0 Å². The van der Waals surface area contributed by atoms with E-state index in [2.05, 4.69) is 34.9 Å². The highest BCUT2D eigenvalue weighted by molar-refractivity contribution is 9.09. The summed E-state index contributed by atoms with van der Waals surface area (Å²) >= 11 is 32.3. The van der Waals surface area contributed by atoms with Gasteiger partial charge in [-0.25, -0.2) is 19.2 Å². The van der Waals surface area contributed by atoms with Crippen molar-refractivity contribution in [3.63, 3.8) is 0 Å². The molecule has 0 aliphatic rings. The molecule has 0 radical (unpaired) electrons. The van der Waals surface area contributed by atoms with Crippen molar-refractivity contribution < 1.29 is 38.1 Å². The highest BCUT2D eigenvalue weighted by atomic mass is 79.9. The molecule has 8 nitrogen and oxygen atoms in total. The molecule has 15 heteroatoms. The van der Waals surface area contributed by atoms with Crippen molar-refractivity contribution in [2.24, 2.45) is 0 Å². The van der Waals surface area contributed by atoms with Crippen LogP contribution in [0.25, 0.3) is 0 Å². The average Bonchev–Trinajstić information content (AvgIpc) is 2.51. The SMILES string of the molecule is CC(Cl)OC(=O)Cl.CCOC(=O)Cl.O=C(Cl)OCCBr.O=C(Cl)OCCCl. The normalized spacial score (nSPS) is 9.37. The van der Waals surface area contributed by atoms with Gasteiger partial charge in [-0.2, -0.15) is 0 Å². The van der Waals surface area contributed by atoms with Gasteiger partial charge in [-0.05, 0) is 13.8 Å². The molecular weight excluding hydrogens is 565 g/mol.